The number of hydrogen-bond donors (Lipinski definition) is 1. The van der Waals surface area contributed by atoms with Crippen LogP contribution in [0.2, 0.25) is 0 Å². The zero-order valence-electron chi connectivity index (χ0n) is 16.3. The molecule has 4 rings (SSSR count). The van der Waals surface area contributed by atoms with E-state index in [-0.39, 0.29) is 11.3 Å². The molecule has 0 unspecified atom stereocenters. The number of hydrogen-bond acceptors (Lipinski definition) is 3. The summed E-state index contributed by atoms with van der Waals surface area (Å²) in [5, 5.41) is 7.55. The van der Waals surface area contributed by atoms with Crippen LogP contribution in [0.3, 0.4) is 0 Å². The zero-order valence-corrected chi connectivity index (χ0v) is 16.3. The van der Waals surface area contributed by atoms with Crippen molar-refractivity contribution in [2.75, 3.05) is 26.8 Å². The molecule has 0 spiro atoms. The molecule has 1 amide bonds. The Kier molecular flexibility index (Phi) is 5.04. The van der Waals surface area contributed by atoms with Crippen LogP contribution in [0.4, 0.5) is 0 Å². The molecule has 2 fully saturated rings. The van der Waals surface area contributed by atoms with Gasteiger partial charge in [0.15, 0.2) is 0 Å². The highest BCUT2D eigenvalue weighted by Gasteiger charge is 2.47. The molecule has 5 nitrogen and oxygen atoms in total. The Hall–Kier alpha value is -2.14. The number of benzene rings is 1. The molecule has 1 aliphatic heterocycles. The van der Waals surface area contributed by atoms with Gasteiger partial charge in [-0.25, -0.2) is 0 Å². The first-order valence-corrected chi connectivity index (χ1v) is 10.0. The van der Waals surface area contributed by atoms with Crippen LogP contribution in [-0.4, -0.2) is 47.8 Å². The van der Waals surface area contributed by atoms with E-state index in [4.69, 9.17) is 4.74 Å². The van der Waals surface area contributed by atoms with Crippen molar-refractivity contribution in [1.29, 1.82) is 0 Å². The maximum absolute atomic E-state index is 13.2. The molecule has 1 atom stereocenters. The number of aryl methyl sites for hydroxylation is 1. The second-order valence-corrected chi connectivity index (χ2v) is 8.22. The van der Waals surface area contributed by atoms with Gasteiger partial charge in [-0.2, -0.15) is 5.10 Å². The topological polar surface area (TPSA) is 58.2 Å². The number of aromatic amines is 1. The Bertz CT molecular complexity index is 792. The maximum atomic E-state index is 13.2. The van der Waals surface area contributed by atoms with Gasteiger partial charge in [-0.1, -0.05) is 36.2 Å². The van der Waals surface area contributed by atoms with Gasteiger partial charge in [-0.3, -0.25) is 9.89 Å². The van der Waals surface area contributed by atoms with Crippen molar-refractivity contribution in [3.63, 3.8) is 0 Å². The van der Waals surface area contributed by atoms with E-state index in [9.17, 15) is 4.79 Å². The normalized spacial score (nSPS) is 21.7. The average Bonchev–Trinajstić information content (AvgIpc) is 3.15. The lowest BCUT2D eigenvalue weighted by Crippen LogP contribution is -2.52. The van der Waals surface area contributed by atoms with E-state index < -0.39 is 0 Å². The molecule has 27 heavy (non-hydrogen) atoms. The quantitative estimate of drug-likeness (QED) is 0.872. The first-order chi connectivity index (χ1) is 13.1. The minimum Gasteiger partial charge on any atom is -0.384 e. The molecular weight excluding hydrogens is 338 g/mol. The highest BCUT2D eigenvalue weighted by atomic mass is 16.5. The van der Waals surface area contributed by atoms with Crippen LogP contribution in [0.25, 0.3) is 11.1 Å². The molecule has 2 aliphatic rings. The number of nitrogens with one attached hydrogen (secondary N) is 1. The van der Waals surface area contributed by atoms with Crippen molar-refractivity contribution < 1.29 is 9.53 Å². The maximum Gasteiger partial charge on any atom is 0.231 e. The number of likely N-dealkylation sites (tertiary alicyclic amines) is 1. The van der Waals surface area contributed by atoms with E-state index in [1.165, 1.54) is 11.1 Å². The second kappa shape index (κ2) is 7.47. The number of H-pyrrole nitrogens is 1. The van der Waals surface area contributed by atoms with Gasteiger partial charge in [0.1, 0.15) is 0 Å². The van der Waals surface area contributed by atoms with Crippen molar-refractivity contribution in [1.82, 2.24) is 15.1 Å². The van der Waals surface area contributed by atoms with Gasteiger partial charge in [0, 0.05) is 37.4 Å². The number of methoxy groups -OCH3 is 1. The minimum absolute atomic E-state index is 0.273. The molecule has 2 heterocycles. The fraction of sp³-hybridized carbons (Fsp3) is 0.545. The summed E-state index contributed by atoms with van der Waals surface area (Å²) >= 11 is 0. The number of piperidine rings is 1. The van der Waals surface area contributed by atoms with Crippen molar-refractivity contribution in [3.05, 3.63) is 41.7 Å². The standard InChI is InChI=1S/C22H29N3O2/c1-16-6-8-17(9-7-16)19-13-23-24-20(19)18-5-3-12-25(14-18)21(26)22(15-27-2)10-4-11-22/h6-9,13,18H,3-5,10-12,14-15H2,1-2H3,(H,23,24)/t18-/m0/s1. The molecular formula is C22H29N3O2. The monoisotopic (exact) mass is 367 g/mol. The van der Waals surface area contributed by atoms with Crippen LogP contribution < -0.4 is 0 Å². The van der Waals surface area contributed by atoms with Crippen molar-refractivity contribution in [2.45, 2.75) is 44.9 Å². The number of amides is 1. The predicted molar refractivity (Wildman–Crippen MR) is 105 cm³/mol. The largest absolute Gasteiger partial charge is 0.384 e. The molecule has 1 aliphatic carbocycles. The Morgan fingerprint density at radius 1 is 1.30 bits per heavy atom. The lowest BCUT2D eigenvalue weighted by atomic mass is 9.68. The van der Waals surface area contributed by atoms with Crippen molar-refractivity contribution in [3.8, 4) is 11.1 Å². The highest BCUT2D eigenvalue weighted by Crippen LogP contribution is 2.44. The first-order valence-electron chi connectivity index (χ1n) is 10.0. The number of aromatic nitrogens is 2. The molecule has 2 aromatic rings. The van der Waals surface area contributed by atoms with Crippen LogP contribution in [0.5, 0.6) is 0 Å². The first kappa shape index (κ1) is 18.2. The number of carbonyl (C=O) groups is 1. The highest BCUT2D eigenvalue weighted by molar-refractivity contribution is 5.84. The summed E-state index contributed by atoms with van der Waals surface area (Å²) in [5.74, 6) is 0.595. The average molecular weight is 367 g/mol. The third-order valence-corrected chi connectivity index (χ3v) is 6.33. The lowest BCUT2D eigenvalue weighted by Gasteiger charge is -2.45. The second-order valence-electron chi connectivity index (χ2n) is 8.22. The molecule has 1 saturated carbocycles. The summed E-state index contributed by atoms with van der Waals surface area (Å²) in [6.07, 6.45) is 7.08. The molecule has 1 aromatic carbocycles. The van der Waals surface area contributed by atoms with E-state index in [1.807, 2.05) is 6.20 Å². The van der Waals surface area contributed by atoms with Crippen LogP contribution in [-0.2, 0) is 9.53 Å². The Balaban J connectivity index is 1.53. The molecule has 0 radical (unpaired) electrons. The summed E-state index contributed by atoms with van der Waals surface area (Å²) in [4.78, 5) is 15.3. The fourth-order valence-corrected chi connectivity index (χ4v) is 4.60. The van der Waals surface area contributed by atoms with E-state index >= 15 is 0 Å². The summed E-state index contributed by atoms with van der Waals surface area (Å²) in [6.45, 7) is 4.27. The summed E-state index contributed by atoms with van der Waals surface area (Å²) in [7, 11) is 1.70. The predicted octanol–water partition coefficient (Wildman–Crippen LogP) is 3.91. The van der Waals surface area contributed by atoms with Crippen molar-refractivity contribution in [2.24, 2.45) is 5.41 Å². The van der Waals surface area contributed by atoms with Gasteiger partial charge in [-0.05, 0) is 38.2 Å². The van der Waals surface area contributed by atoms with Gasteiger partial charge in [-0.15, -0.1) is 0 Å². The fourth-order valence-electron chi connectivity index (χ4n) is 4.60. The van der Waals surface area contributed by atoms with Crippen LogP contribution >= 0.6 is 0 Å². The summed E-state index contributed by atoms with van der Waals surface area (Å²) in [6, 6.07) is 8.57. The molecule has 1 aromatic heterocycles. The number of rotatable bonds is 5. The number of ether oxygens (including phenoxy) is 1. The van der Waals surface area contributed by atoms with Gasteiger partial charge >= 0.3 is 0 Å². The minimum atomic E-state index is -0.273. The van der Waals surface area contributed by atoms with Crippen LogP contribution in [0, 0.1) is 12.3 Å². The molecule has 144 valence electrons. The molecule has 5 heteroatoms. The summed E-state index contributed by atoms with van der Waals surface area (Å²) in [5.41, 5.74) is 4.48. The number of nitrogens with zero attached hydrogens (tertiary/aromatic N) is 2. The van der Waals surface area contributed by atoms with E-state index in [0.29, 0.717) is 12.5 Å². The molecule has 1 N–H and O–H groups in total. The van der Waals surface area contributed by atoms with Crippen molar-refractivity contribution >= 4 is 5.91 Å². The van der Waals surface area contributed by atoms with Gasteiger partial charge in [0.25, 0.3) is 0 Å². The number of carbonyl (C=O) groups excluding carboxylic acids is 1. The van der Waals surface area contributed by atoms with E-state index in [0.717, 1.165) is 56.5 Å². The third-order valence-electron chi connectivity index (χ3n) is 6.33. The van der Waals surface area contributed by atoms with Crippen LogP contribution in [0.1, 0.15) is 49.3 Å². The van der Waals surface area contributed by atoms with Gasteiger partial charge in [0.05, 0.1) is 18.2 Å². The third kappa shape index (κ3) is 3.41. The van der Waals surface area contributed by atoms with E-state index in [1.54, 1.807) is 7.11 Å². The van der Waals surface area contributed by atoms with E-state index in [2.05, 4.69) is 46.3 Å². The van der Waals surface area contributed by atoms with Gasteiger partial charge < -0.3 is 9.64 Å². The molecule has 1 saturated heterocycles. The van der Waals surface area contributed by atoms with Gasteiger partial charge in [0.2, 0.25) is 5.91 Å². The lowest BCUT2D eigenvalue weighted by molar-refractivity contribution is -0.153. The Morgan fingerprint density at radius 3 is 2.74 bits per heavy atom. The molecule has 0 bridgehead atoms. The Labute approximate surface area is 161 Å². The SMILES string of the molecule is COCC1(C(=O)N2CCC[C@H](c3[nH]ncc3-c3ccc(C)cc3)C2)CCC1. The smallest absolute Gasteiger partial charge is 0.231 e. The van der Waals surface area contributed by atoms with Crippen LogP contribution in [0.15, 0.2) is 30.5 Å². The summed E-state index contributed by atoms with van der Waals surface area (Å²) < 4.78 is 5.38. The Morgan fingerprint density at radius 2 is 2.07 bits per heavy atom. The zero-order chi connectivity index (χ0) is 18.9.